The van der Waals surface area contributed by atoms with Gasteiger partial charge in [0.15, 0.2) is 0 Å². The molecule has 0 aromatic carbocycles. The molecular formula is C20H22F3N7O2S. The molecule has 0 spiro atoms. The second-order valence-electron chi connectivity index (χ2n) is 7.77. The molecule has 1 amide bonds. The smallest absolute Gasteiger partial charge is 0.397 e. The summed E-state index contributed by atoms with van der Waals surface area (Å²) in [4.78, 5) is 25.4. The third kappa shape index (κ3) is 4.84. The number of halogens is 3. The Hall–Kier alpha value is -3.03. The summed E-state index contributed by atoms with van der Waals surface area (Å²) in [7, 11) is 0. The maximum absolute atomic E-state index is 13.8. The van der Waals surface area contributed by atoms with Crippen molar-refractivity contribution in [2.24, 2.45) is 5.73 Å². The van der Waals surface area contributed by atoms with E-state index in [1.54, 1.807) is 17.3 Å². The first-order valence-corrected chi connectivity index (χ1v) is 11.0. The van der Waals surface area contributed by atoms with Crippen molar-refractivity contribution < 1.29 is 23.1 Å². The lowest BCUT2D eigenvalue weighted by Gasteiger charge is -2.34. The van der Waals surface area contributed by atoms with E-state index < -0.39 is 23.8 Å². The van der Waals surface area contributed by atoms with Crippen molar-refractivity contribution in [2.45, 2.75) is 31.2 Å². The summed E-state index contributed by atoms with van der Waals surface area (Å²) >= 11 is 0.763. The van der Waals surface area contributed by atoms with Crippen LogP contribution in [0.2, 0.25) is 0 Å². The SMILES string of the molecule is NC(=O)c1sc2nc(N3CCC(NCC(O)c4cncnc4)CC3)cc(C(F)(F)F)c2c1N. The van der Waals surface area contributed by atoms with Gasteiger partial charge >= 0.3 is 6.18 Å². The van der Waals surface area contributed by atoms with Gasteiger partial charge in [0, 0.05) is 49.0 Å². The van der Waals surface area contributed by atoms with E-state index in [-0.39, 0.29) is 32.6 Å². The molecule has 13 heteroatoms. The monoisotopic (exact) mass is 481 g/mol. The highest BCUT2D eigenvalue weighted by molar-refractivity contribution is 7.21. The maximum Gasteiger partial charge on any atom is 0.417 e. The van der Waals surface area contributed by atoms with Crippen molar-refractivity contribution in [1.82, 2.24) is 20.3 Å². The minimum Gasteiger partial charge on any atom is -0.397 e. The number of aliphatic hydroxyl groups is 1. The number of nitrogens with two attached hydrogens (primary N) is 2. The van der Waals surface area contributed by atoms with Crippen LogP contribution in [-0.4, -0.2) is 51.6 Å². The largest absolute Gasteiger partial charge is 0.417 e. The molecule has 0 saturated carbocycles. The third-order valence-electron chi connectivity index (χ3n) is 5.60. The normalized spacial score (nSPS) is 16.3. The number of pyridine rings is 1. The van der Waals surface area contributed by atoms with E-state index in [2.05, 4.69) is 20.3 Å². The topological polar surface area (TPSA) is 143 Å². The minimum atomic E-state index is -4.67. The fraction of sp³-hybridized carbons (Fsp3) is 0.400. The zero-order chi connectivity index (χ0) is 23.8. The molecular weight excluding hydrogens is 459 g/mol. The maximum atomic E-state index is 13.8. The number of carbonyl (C=O) groups is 1. The number of alkyl halides is 3. The number of thiophene rings is 1. The van der Waals surface area contributed by atoms with E-state index in [0.29, 0.717) is 38.0 Å². The summed E-state index contributed by atoms with van der Waals surface area (Å²) in [5, 5.41) is 13.2. The summed E-state index contributed by atoms with van der Waals surface area (Å²) in [6.45, 7) is 1.26. The van der Waals surface area contributed by atoms with Gasteiger partial charge in [-0.15, -0.1) is 11.3 Å². The number of nitrogens with zero attached hydrogens (tertiary/aromatic N) is 4. The molecule has 3 aromatic heterocycles. The van der Waals surface area contributed by atoms with Gasteiger partial charge in [0.1, 0.15) is 21.9 Å². The van der Waals surface area contributed by atoms with Crippen molar-refractivity contribution in [1.29, 1.82) is 0 Å². The molecule has 176 valence electrons. The van der Waals surface area contributed by atoms with Gasteiger partial charge < -0.3 is 26.8 Å². The quantitative estimate of drug-likeness (QED) is 0.419. The zero-order valence-electron chi connectivity index (χ0n) is 17.3. The average Bonchev–Trinajstić information content (AvgIpc) is 3.14. The standard InChI is InChI=1S/C20H22F3N7O2S/c21-20(22,23)12-5-14(29-19-15(12)16(24)17(33-19)18(25)32)30-3-1-11(2-4-30)28-8-13(31)10-6-26-9-27-7-10/h5-7,9,11,13,28,31H,1-4,8,24H2,(H2,25,32). The molecule has 1 aliphatic heterocycles. The molecule has 0 aliphatic carbocycles. The number of aliphatic hydroxyl groups excluding tert-OH is 1. The number of rotatable bonds is 6. The number of nitrogen functional groups attached to an aromatic ring is 1. The van der Waals surface area contributed by atoms with Crippen LogP contribution in [-0.2, 0) is 6.18 Å². The van der Waals surface area contributed by atoms with E-state index in [4.69, 9.17) is 11.5 Å². The van der Waals surface area contributed by atoms with Gasteiger partial charge in [-0.05, 0) is 18.9 Å². The predicted molar refractivity (Wildman–Crippen MR) is 118 cm³/mol. The van der Waals surface area contributed by atoms with Gasteiger partial charge in [0.25, 0.3) is 5.91 Å². The Morgan fingerprint density at radius 2 is 1.97 bits per heavy atom. The summed E-state index contributed by atoms with van der Waals surface area (Å²) in [6.07, 6.45) is 0.347. The van der Waals surface area contributed by atoms with Crippen LogP contribution in [0.15, 0.2) is 24.8 Å². The molecule has 1 saturated heterocycles. The predicted octanol–water partition coefficient (Wildman–Crippen LogP) is 2.08. The first-order valence-electron chi connectivity index (χ1n) is 10.2. The molecule has 33 heavy (non-hydrogen) atoms. The van der Waals surface area contributed by atoms with Crippen LogP contribution in [0.4, 0.5) is 24.7 Å². The molecule has 0 radical (unpaired) electrons. The van der Waals surface area contributed by atoms with Gasteiger partial charge in [-0.2, -0.15) is 13.2 Å². The first-order chi connectivity index (χ1) is 15.6. The molecule has 9 nitrogen and oxygen atoms in total. The first kappa shape index (κ1) is 23.1. The molecule has 4 heterocycles. The Morgan fingerprint density at radius 3 is 2.58 bits per heavy atom. The second kappa shape index (κ2) is 9.08. The summed E-state index contributed by atoms with van der Waals surface area (Å²) < 4.78 is 41.3. The Labute approximate surface area is 190 Å². The lowest BCUT2D eigenvalue weighted by molar-refractivity contribution is -0.136. The van der Waals surface area contributed by atoms with Crippen LogP contribution < -0.4 is 21.7 Å². The van der Waals surface area contributed by atoms with Crippen molar-refractivity contribution in [3.8, 4) is 0 Å². The van der Waals surface area contributed by atoms with Gasteiger partial charge in [0.05, 0.1) is 17.4 Å². The van der Waals surface area contributed by atoms with E-state index >= 15 is 0 Å². The molecule has 3 aromatic rings. The van der Waals surface area contributed by atoms with Gasteiger partial charge in [-0.3, -0.25) is 4.79 Å². The van der Waals surface area contributed by atoms with Crippen LogP contribution in [0.5, 0.6) is 0 Å². The van der Waals surface area contributed by atoms with Crippen molar-refractivity contribution in [3.05, 3.63) is 40.8 Å². The Balaban J connectivity index is 1.48. The number of amides is 1. The Bertz CT molecular complexity index is 1150. The van der Waals surface area contributed by atoms with E-state index in [1.165, 1.54) is 6.33 Å². The van der Waals surface area contributed by atoms with Gasteiger partial charge in [-0.1, -0.05) is 0 Å². The van der Waals surface area contributed by atoms with E-state index in [9.17, 15) is 23.1 Å². The fourth-order valence-corrected chi connectivity index (χ4v) is 4.84. The Kier molecular flexibility index (Phi) is 6.36. The van der Waals surface area contributed by atoms with Crippen molar-refractivity contribution in [2.75, 3.05) is 30.3 Å². The molecule has 1 unspecified atom stereocenters. The number of hydrogen-bond acceptors (Lipinski definition) is 9. The average molecular weight is 482 g/mol. The molecule has 1 aliphatic rings. The highest BCUT2D eigenvalue weighted by Gasteiger charge is 2.37. The summed E-state index contributed by atoms with van der Waals surface area (Å²) in [5.74, 6) is -0.715. The summed E-state index contributed by atoms with van der Waals surface area (Å²) in [6, 6.07) is 1.06. The zero-order valence-corrected chi connectivity index (χ0v) is 18.2. The molecule has 4 rings (SSSR count). The molecule has 0 bridgehead atoms. The molecule has 1 atom stereocenters. The number of piperidine rings is 1. The minimum absolute atomic E-state index is 0.0274. The number of primary amides is 1. The lowest BCUT2D eigenvalue weighted by atomic mass is 10.0. The number of fused-ring (bicyclic) bond motifs is 1. The number of nitrogens with one attached hydrogen (secondary N) is 1. The van der Waals surface area contributed by atoms with Crippen LogP contribution >= 0.6 is 11.3 Å². The summed E-state index contributed by atoms with van der Waals surface area (Å²) in [5.41, 5.74) is 10.4. The van der Waals surface area contributed by atoms with Crippen molar-refractivity contribution >= 4 is 39.0 Å². The number of anilines is 2. The van der Waals surface area contributed by atoms with Crippen LogP contribution in [0.3, 0.4) is 0 Å². The number of hydrogen-bond donors (Lipinski definition) is 4. The molecule has 6 N–H and O–H groups in total. The van der Waals surface area contributed by atoms with E-state index in [1.807, 2.05) is 0 Å². The van der Waals surface area contributed by atoms with Crippen LogP contribution in [0, 0.1) is 0 Å². The Morgan fingerprint density at radius 1 is 1.30 bits per heavy atom. The van der Waals surface area contributed by atoms with Crippen molar-refractivity contribution in [3.63, 3.8) is 0 Å². The number of aromatic nitrogens is 3. The van der Waals surface area contributed by atoms with Gasteiger partial charge in [0.2, 0.25) is 0 Å². The molecule has 1 fully saturated rings. The second-order valence-corrected chi connectivity index (χ2v) is 8.77. The third-order valence-corrected chi connectivity index (χ3v) is 6.71. The lowest BCUT2D eigenvalue weighted by Crippen LogP contribution is -2.44. The van der Waals surface area contributed by atoms with Crippen LogP contribution in [0.1, 0.15) is 39.7 Å². The van der Waals surface area contributed by atoms with E-state index in [0.717, 1.165) is 17.4 Å². The number of carbonyl (C=O) groups excluding carboxylic acids is 1. The highest BCUT2D eigenvalue weighted by Crippen LogP contribution is 2.43. The van der Waals surface area contributed by atoms with Crippen LogP contribution in [0.25, 0.3) is 10.2 Å². The fourth-order valence-electron chi connectivity index (χ4n) is 3.87. The van der Waals surface area contributed by atoms with Gasteiger partial charge in [-0.25, -0.2) is 15.0 Å². The highest BCUT2D eigenvalue weighted by atomic mass is 32.1.